The van der Waals surface area contributed by atoms with E-state index in [2.05, 4.69) is 32.8 Å². The van der Waals surface area contributed by atoms with E-state index in [1.165, 1.54) is 13.1 Å². The lowest BCUT2D eigenvalue weighted by atomic mass is 10.0. The summed E-state index contributed by atoms with van der Waals surface area (Å²) in [5, 5.41) is 19.8. The van der Waals surface area contributed by atoms with Crippen LogP contribution in [0.4, 0.5) is 11.6 Å². The van der Waals surface area contributed by atoms with Crippen LogP contribution in [0.3, 0.4) is 0 Å². The lowest BCUT2D eigenvalue weighted by molar-refractivity contribution is 0.0832. The summed E-state index contributed by atoms with van der Waals surface area (Å²) in [6.07, 6.45) is 4.16. The van der Waals surface area contributed by atoms with Crippen molar-refractivity contribution in [3.05, 3.63) is 53.6 Å². The second-order valence-electron chi connectivity index (χ2n) is 11.0. The highest BCUT2D eigenvalue weighted by atomic mass is 32.2. The van der Waals surface area contributed by atoms with Crippen LogP contribution in [-0.2, 0) is 16.4 Å². The number of benzene rings is 1. The van der Waals surface area contributed by atoms with Crippen LogP contribution < -0.4 is 20.3 Å². The van der Waals surface area contributed by atoms with Gasteiger partial charge in [-0.05, 0) is 69.6 Å². The zero-order chi connectivity index (χ0) is 28.7. The Hall–Kier alpha value is -3.13. The summed E-state index contributed by atoms with van der Waals surface area (Å²) in [6, 6.07) is 12.2. The Bertz CT molecular complexity index is 1310. The van der Waals surface area contributed by atoms with Gasteiger partial charge in [-0.15, -0.1) is 0 Å². The summed E-state index contributed by atoms with van der Waals surface area (Å²) < 4.78 is 26.9. The van der Waals surface area contributed by atoms with E-state index in [0.29, 0.717) is 37.2 Å². The third-order valence-corrected chi connectivity index (χ3v) is 9.31. The number of nitrogens with zero attached hydrogens (tertiary/aromatic N) is 2. The predicted octanol–water partition coefficient (Wildman–Crippen LogP) is 2.78. The number of nitrogens with one attached hydrogen (secondary N) is 3. The molecule has 4 N–H and O–H groups in total. The number of anilines is 2. The van der Waals surface area contributed by atoms with Gasteiger partial charge >= 0.3 is 0 Å². The molecule has 1 aromatic carbocycles. The molecule has 0 spiro atoms. The van der Waals surface area contributed by atoms with Gasteiger partial charge in [0.05, 0.1) is 23.9 Å². The largest absolute Gasteiger partial charge is 0.390 e. The number of aliphatic hydroxyl groups is 1. The molecule has 1 heterocycles. The molecule has 2 aliphatic carbocycles. The fraction of sp³-hybridized carbons (Fsp3) is 0.533. The maximum absolute atomic E-state index is 13.6. The lowest BCUT2D eigenvalue weighted by Crippen LogP contribution is -2.48. The molecule has 9 nitrogen and oxygen atoms in total. The lowest BCUT2D eigenvalue weighted by Gasteiger charge is -2.25. The Balaban J connectivity index is 1.53. The first-order valence-electron chi connectivity index (χ1n) is 14.1. The number of amides is 1. The molecule has 0 saturated heterocycles. The van der Waals surface area contributed by atoms with Crippen LogP contribution in [0.1, 0.15) is 55.5 Å². The molecule has 4 rings (SSSR count). The first kappa shape index (κ1) is 29.8. The van der Waals surface area contributed by atoms with Gasteiger partial charge in [0.15, 0.2) is 0 Å². The summed E-state index contributed by atoms with van der Waals surface area (Å²) in [6.45, 7) is 4.66. The zero-order valence-corrected chi connectivity index (χ0v) is 24.4. The van der Waals surface area contributed by atoms with Crippen molar-refractivity contribution in [2.75, 3.05) is 36.3 Å². The molecule has 0 unspecified atom stereocenters. The van der Waals surface area contributed by atoms with E-state index in [-0.39, 0.29) is 17.9 Å². The molecule has 0 radical (unpaired) electrons. The number of aromatic nitrogens is 1. The Morgan fingerprint density at radius 3 is 2.52 bits per heavy atom. The van der Waals surface area contributed by atoms with Gasteiger partial charge < -0.3 is 21.1 Å². The molecule has 216 valence electrons. The monoisotopic (exact) mass is 567 g/mol. The number of carbonyl (C=O) groups excluding carboxylic acids is 1. The third kappa shape index (κ3) is 8.68. The molecule has 2 atom stereocenters. The van der Waals surface area contributed by atoms with E-state index >= 15 is 0 Å². The maximum atomic E-state index is 13.6. The third-order valence-electron chi connectivity index (χ3n) is 7.17. The van der Waals surface area contributed by atoms with Crippen molar-refractivity contribution in [2.24, 2.45) is 11.8 Å². The van der Waals surface area contributed by atoms with Crippen LogP contribution in [-0.4, -0.2) is 68.5 Å². The predicted molar refractivity (Wildman–Crippen MR) is 159 cm³/mol. The topological polar surface area (TPSA) is 124 Å². The molecular weight excluding hydrogens is 526 g/mol. The van der Waals surface area contributed by atoms with Crippen molar-refractivity contribution in [3.63, 3.8) is 0 Å². The second kappa shape index (κ2) is 13.5. The molecule has 0 aliphatic heterocycles. The van der Waals surface area contributed by atoms with E-state index in [4.69, 9.17) is 0 Å². The maximum Gasteiger partial charge on any atom is 0.251 e. The number of hydrogen-bond donors (Lipinski definition) is 4. The van der Waals surface area contributed by atoms with Gasteiger partial charge in [0.25, 0.3) is 5.91 Å². The summed E-state index contributed by atoms with van der Waals surface area (Å²) in [5.41, 5.74) is 1.24. The molecule has 10 heteroatoms. The van der Waals surface area contributed by atoms with Crippen molar-refractivity contribution in [2.45, 2.75) is 63.3 Å². The van der Waals surface area contributed by atoms with E-state index in [9.17, 15) is 18.3 Å². The highest BCUT2D eigenvalue weighted by Gasteiger charge is 2.27. The molecular formula is C30H41N5O4S. The molecule has 40 heavy (non-hydrogen) atoms. The molecule has 1 amide bonds. The van der Waals surface area contributed by atoms with E-state index in [0.717, 1.165) is 35.6 Å². The van der Waals surface area contributed by atoms with Crippen molar-refractivity contribution >= 4 is 27.6 Å². The van der Waals surface area contributed by atoms with Crippen molar-refractivity contribution in [1.29, 1.82) is 0 Å². The standard InChI is InChI=1S/C30H41N5O4S/c1-21(2)40(38,39)35(3)29-18-25(17-28(34-29)32-19-24-13-14-24)30(37)33-26(16-23-8-5-4-6-9-23)27(36)20-31-15-7-10-22-11-12-22/h4-6,8-9,17-18,21-22,24,26-27,31,36H,11-16,19-20H2,1-3H3,(H,32,34)(H,33,37)/t26-,27+/m0/s1. The Kier molecular flexibility index (Phi) is 10.1. The first-order valence-corrected chi connectivity index (χ1v) is 15.6. The summed E-state index contributed by atoms with van der Waals surface area (Å²) in [4.78, 5) is 18.1. The van der Waals surface area contributed by atoms with Crippen molar-refractivity contribution < 1.29 is 18.3 Å². The molecule has 2 saturated carbocycles. The van der Waals surface area contributed by atoms with Crippen LogP contribution in [0.15, 0.2) is 42.5 Å². The highest BCUT2D eigenvalue weighted by molar-refractivity contribution is 7.93. The van der Waals surface area contributed by atoms with Gasteiger partial charge in [-0.2, -0.15) is 0 Å². The van der Waals surface area contributed by atoms with Gasteiger partial charge in [-0.25, -0.2) is 13.4 Å². The summed E-state index contributed by atoms with van der Waals surface area (Å²) in [5.74, 6) is 7.55. The number of hydrogen-bond acceptors (Lipinski definition) is 7. The molecule has 2 aliphatic rings. The van der Waals surface area contributed by atoms with Gasteiger partial charge in [-0.1, -0.05) is 42.2 Å². The summed E-state index contributed by atoms with van der Waals surface area (Å²) in [7, 11) is -2.20. The minimum Gasteiger partial charge on any atom is -0.390 e. The average Bonchev–Trinajstić information content (AvgIpc) is 3.87. The molecule has 2 aromatic rings. The van der Waals surface area contributed by atoms with Gasteiger partial charge in [0.1, 0.15) is 11.6 Å². The fourth-order valence-electron chi connectivity index (χ4n) is 4.17. The van der Waals surface area contributed by atoms with E-state index in [1.54, 1.807) is 19.9 Å². The molecule has 1 aromatic heterocycles. The van der Waals surface area contributed by atoms with Crippen molar-refractivity contribution in [1.82, 2.24) is 15.6 Å². The zero-order valence-electron chi connectivity index (χ0n) is 23.6. The van der Waals surface area contributed by atoms with Gasteiger partial charge in [0.2, 0.25) is 10.0 Å². The Morgan fingerprint density at radius 1 is 1.15 bits per heavy atom. The Labute approximate surface area is 238 Å². The minimum absolute atomic E-state index is 0.163. The smallest absolute Gasteiger partial charge is 0.251 e. The van der Waals surface area contributed by atoms with E-state index in [1.807, 2.05) is 30.3 Å². The number of pyridine rings is 1. The number of carbonyl (C=O) groups is 1. The van der Waals surface area contributed by atoms with Gasteiger partial charge in [0, 0.05) is 31.6 Å². The molecule has 2 fully saturated rings. The van der Waals surface area contributed by atoms with Crippen LogP contribution in [0.2, 0.25) is 0 Å². The van der Waals surface area contributed by atoms with Crippen molar-refractivity contribution in [3.8, 4) is 11.8 Å². The molecule has 0 bridgehead atoms. The summed E-state index contributed by atoms with van der Waals surface area (Å²) >= 11 is 0. The number of rotatable bonds is 14. The average molecular weight is 568 g/mol. The normalized spacial score (nSPS) is 16.5. The quantitative estimate of drug-likeness (QED) is 0.204. The minimum atomic E-state index is -3.65. The Morgan fingerprint density at radius 2 is 1.88 bits per heavy atom. The first-order chi connectivity index (χ1) is 19.1. The van der Waals surface area contributed by atoms with Crippen LogP contribution in [0.25, 0.3) is 0 Å². The van der Waals surface area contributed by atoms with E-state index < -0.39 is 33.3 Å². The fourth-order valence-corrected chi connectivity index (χ4v) is 5.15. The van der Waals surface area contributed by atoms with Crippen LogP contribution in [0, 0.1) is 23.7 Å². The number of aliphatic hydroxyl groups excluding tert-OH is 1. The van der Waals surface area contributed by atoms with Crippen LogP contribution >= 0.6 is 0 Å². The van der Waals surface area contributed by atoms with Gasteiger partial charge in [-0.3, -0.25) is 9.10 Å². The van der Waals surface area contributed by atoms with Crippen LogP contribution in [0.5, 0.6) is 0 Å². The SMILES string of the molecule is CC(C)S(=O)(=O)N(C)c1cc(C(=O)N[C@@H](Cc2ccccc2)[C@H](O)CNCC#CC2CC2)cc(NCC2CC2)n1. The number of sulfonamides is 1. The second-order valence-corrected chi connectivity index (χ2v) is 13.6. The highest BCUT2D eigenvalue weighted by Crippen LogP contribution is 2.29.